The third kappa shape index (κ3) is 4.57. The topological polar surface area (TPSA) is 20.3 Å². The Kier molecular flexibility index (Phi) is 5.63. The van der Waals surface area contributed by atoms with Crippen LogP contribution >= 0.6 is 0 Å². The summed E-state index contributed by atoms with van der Waals surface area (Å²) in [6.45, 7) is 0.618. The summed E-state index contributed by atoms with van der Waals surface area (Å²) >= 11 is 0. The van der Waals surface area contributed by atoms with Gasteiger partial charge < -0.3 is 4.90 Å². The van der Waals surface area contributed by atoms with Crippen molar-refractivity contribution in [2.45, 2.75) is 19.4 Å². The van der Waals surface area contributed by atoms with E-state index in [1.54, 1.807) is 4.90 Å². The van der Waals surface area contributed by atoms with E-state index >= 15 is 0 Å². The van der Waals surface area contributed by atoms with Crippen LogP contribution in [0.5, 0.6) is 0 Å². The van der Waals surface area contributed by atoms with Gasteiger partial charge in [-0.15, -0.1) is 0 Å². The van der Waals surface area contributed by atoms with Crippen molar-refractivity contribution in [3.63, 3.8) is 0 Å². The number of hydrogen-bond donors (Lipinski definition) is 0. The summed E-state index contributed by atoms with van der Waals surface area (Å²) in [5.41, 5.74) is 4.34. The lowest BCUT2D eigenvalue weighted by molar-refractivity contribution is 0.0784. The van der Waals surface area contributed by atoms with Crippen LogP contribution < -0.4 is 0 Å². The maximum atomic E-state index is 12.9. The minimum absolute atomic E-state index is 0.0764. The zero-order valence-corrected chi connectivity index (χ0v) is 14.6. The van der Waals surface area contributed by atoms with Crippen LogP contribution in [0.3, 0.4) is 0 Å². The van der Waals surface area contributed by atoms with Gasteiger partial charge in [-0.25, -0.2) is 0 Å². The third-order valence-electron chi connectivity index (χ3n) is 4.38. The van der Waals surface area contributed by atoms with E-state index in [9.17, 15) is 4.79 Å². The average molecular weight is 329 g/mol. The van der Waals surface area contributed by atoms with Crippen molar-refractivity contribution in [2.24, 2.45) is 0 Å². The summed E-state index contributed by atoms with van der Waals surface area (Å²) in [5, 5.41) is 0. The SMILES string of the molecule is CN(Cc1ccccc1)C(=O)c1ccccc1CCc1ccccc1. The van der Waals surface area contributed by atoms with Crippen LogP contribution in [-0.2, 0) is 19.4 Å². The lowest BCUT2D eigenvalue weighted by Gasteiger charge is -2.19. The quantitative estimate of drug-likeness (QED) is 0.639. The van der Waals surface area contributed by atoms with Crippen LogP contribution in [0.2, 0.25) is 0 Å². The van der Waals surface area contributed by atoms with Crippen molar-refractivity contribution < 1.29 is 4.79 Å². The number of carbonyl (C=O) groups is 1. The Morgan fingerprint density at radius 2 is 1.28 bits per heavy atom. The van der Waals surface area contributed by atoms with Crippen LogP contribution in [0.25, 0.3) is 0 Å². The van der Waals surface area contributed by atoms with Gasteiger partial charge in [0.1, 0.15) is 0 Å². The van der Waals surface area contributed by atoms with E-state index < -0.39 is 0 Å². The summed E-state index contributed by atoms with van der Waals surface area (Å²) in [6.07, 6.45) is 1.80. The molecule has 0 unspecified atom stereocenters. The van der Waals surface area contributed by atoms with Crippen molar-refractivity contribution in [2.75, 3.05) is 7.05 Å². The monoisotopic (exact) mass is 329 g/mol. The molecule has 0 N–H and O–H groups in total. The van der Waals surface area contributed by atoms with Gasteiger partial charge in [0.2, 0.25) is 0 Å². The Labute approximate surface area is 149 Å². The molecule has 0 heterocycles. The molecule has 3 rings (SSSR count). The summed E-state index contributed by atoms with van der Waals surface area (Å²) in [5.74, 6) is 0.0764. The molecule has 25 heavy (non-hydrogen) atoms. The van der Waals surface area contributed by atoms with Crippen molar-refractivity contribution in [1.82, 2.24) is 4.90 Å². The number of amides is 1. The molecular weight excluding hydrogens is 306 g/mol. The van der Waals surface area contributed by atoms with Gasteiger partial charge in [-0.2, -0.15) is 0 Å². The first-order valence-corrected chi connectivity index (χ1v) is 8.65. The predicted molar refractivity (Wildman–Crippen MR) is 103 cm³/mol. The maximum absolute atomic E-state index is 12.9. The third-order valence-corrected chi connectivity index (χ3v) is 4.38. The number of rotatable bonds is 6. The number of nitrogens with zero attached hydrogens (tertiary/aromatic N) is 1. The van der Waals surface area contributed by atoms with Crippen molar-refractivity contribution in [1.29, 1.82) is 0 Å². The molecule has 3 aromatic carbocycles. The molecule has 0 aliphatic heterocycles. The highest BCUT2D eigenvalue weighted by molar-refractivity contribution is 5.95. The fraction of sp³-hybridized carbons (Fsp3) is 0.174. The van der Waals surface area contributed by atoms with E-state index in [0.29, 0.717) is 6.54 Å². The average Bonchev–Trinajstić information content (AvgIpc) is 2.67. The number of hydrogen-bond acceptors (Lipinski definition) is 1. The van der Waals surface area contributed by atoms with Crippen LogP contribution in [0.15, 0.2) is 84.9 Å². The largest absolute Gasteiger partial charge is 0.337 e. The van der Waals surface area contributed by atoms with Crippen LogP contribution in [-0.4, -0.2) is 17.9 Å². The van der Waals surface area contributed by atoms with Gasteiger partial charge in [0, 0.05) is 19.2 Å². The molecule has 2 nitrogen and oxygen atoms in total. The van der Waals surface area contributed by atoms with Crippen LogP contribution in [0, 0.1) is 0 Å². The first-order valence-electron chi connectivity index (χ1n) is 8.65. The molecule has 0 aliphatic rings. The van der Waals surface area contributed by atoms with Gasteiger partial charge in [-0.3, -0.25) is 4.79 Å². The number of benzene rings is 3. The van der Waals surface area contributed by atoms with Gasteiger partial charge in [-0.05, 0) is 35.6 Å². The Balaban J connectivity index is 1.72. The molecule has 1 amide bonds. The molecule has 0 saturated carbocycles. The molecule has 2 heteroatoms. The molecule has 0 aromatic heterocycles. The van der Waals surface area contributed by atoms with Crippen LogP contribution in [0.4, 0.5) is 0 Å². The van der Waals surface area contributed by atoms with Gasteiger partial charge in [0.25, 0.3) is 5.91 Å². The Morgan fingerprint density at radius 1 is 0.720 bits per heavy atom. The summed E-state index contributed by atoms with van der Waals surface area (Å²) < 4.78 is 0. The van der Waals surface area contributed by atoms with E-state index in [4.69, 9.17) is 0 Å². The predicted octanol–water partition coefficient (Wildman–Crippen LogP) is 4.74. The molecule has 0 bridgehead atoms. The molecule has 0 spiro atoms. The fourth-order valence-electron chi connectivity index (χ4n) is 3.01. The second-order valence-electron chi connectivity index (χ2n) is 6.29. The summed E-state index contributed by atoms with van der Waals surface area (Å²) in [6, 6.07) is 28.4. The molecule has 0 saturated heterocycles. The minimum Gasteiger partial charge on any atom is -0.337 e. The molecule has 0 aliphatic carbocycles. The second kappa shape index (κ2) is 8.29. The van der Waals surface area contributed by atoms with E-state index in [0.717, 1.165) is 29.5 Å². The number of aryl methyl sites for hydroxylation is 2. The van der Waals surface area contributed by atoms with E-state index in [1.165, 1.54) is 5.56 Å². The Morgan fingerprint density at radius 3 is 1.96 bits per heavy atom. The first-order chi connectivity index (χ1) is 12.2. The summed E-state index contributed by atoms with van der Waals surface area (Å²) in [7, 11) is 1.86. The van der Waals surface area contributed by atoms with Gasteiger partial charge in [0.15, 0.2) is 0 Å². The molecule has 3 aromatic rings. The van der Waals surface area contributed by atoms with E-state index in [1.807, 2.05) is 61.6 Å². The lowest BCUT2D eigenvalue weighted by Crippen LogP contribution is -2.27. The van der Waals surface area contributed by atoms with Crippen molar-refractivity contribution in [3.05, 3.63) is 107 Å². The zero-order chi connectivity index (χ0) is 17.5. The van der Waals surface area contributed by atoms with Gasteiger partial charge in [0.05, 0.1) is 0 Å². The van der Waals surface area contributed by atoms with Gasteiger partial charge >= 0.3 is 0 Å². The first kappa shape index (κ1) is 17.0. The molecule has 0 radical (unpaired) electrons. The standard InChI is InChI=1S/C23H23NO/c1-24(18-20-12-6-3-7-13-20)23(25)22-15-9-8-14-21(22)17-16-19-10-4-2-5-11-19/h2-15H,16-18H2,1H3. The maximum Gasteiger partial charge on any atom is 0.254 e. The van der Waals surface area contributed by atoms with E-state index in [-0.39, 0.29) is 5.91 Å². The molecule has 0 fully saturated rings. The molecule has 126 valence electrons. The highest BCUT2D eigenvalue weighted by atomic mass is 16.2. The Hall–Kier alpha value is -2.87. The van der Waals surface area contributed by atoms with E-state index in [2.05, 4.69) is 30.3 Å². The van der Waals surface area contributed by atoms with Crippen molar-refractivity contribution >= 4 is 5.91 Å². The summed E-state index contributed by atoms with van der Waals surface area (Å²) in [4.78, 5) is 14.7. The van der Waals surface area contributed by atoms with Gasteiger partial charge in [-0.1, -0.05) is 78.9 Å². The zero-order valence-electron chi connectivity index (χ0n) is 14.6. The lowest BCUT2D eigenvalue weighted by atomic mass is 9.99. The highest BCUT2D eigenvalue weighted by Crippen LogP contribution is 2.16. The van der Waals surface area contributed by atoms with Crippen molar-refractivity contribution in [3.8, 4) is 0 Å². The Bertz CT molecular complexity index is 812. The minimum atomic E-state index is 0.0764. The smallest absolute Gasteiger partial charge is 0.254 e. The molecule has 0 atom stereocenters. The second-order valence-corrected chi connectivity index (χ2v) is 6.29. The highest BCUT2D eigenvalue weighted by Gasteiger charge is 2.15. The normalized spacial score (nSPS) is 10.4. The molecular formula is C23H23NO. The fourth-order valence-corrected chi connectivity index (χ4v) is 3.01. The number of carbonyl (C=O) groups excluding carboxylic acids is 1. The van der Waals surface area contributed by atoms with Crippen LogP contribution in [0.1, 0.15) is 27.0 Å².